The summed E-state index contributed by atoms with van der Waals surface area (Å²) in [5, 5.41) is 7.84. The lowest BCUT2D eigenvalue weighted by atomic mass is 10.1. The molecule has 1 atom stereocenters. The van der Waals surface area contributed by atoms with Gasteiger partial charge in [-0.05, 0) is 18.4 Å². The Labute approximate surface area is 154 Å². The third kappa shape index (κ3) is 3.96. The van der Waals surface area contributed by atoms with Crippen LogP contribution < -0.4 is 10.1 Å². The number of aromatic nitrogens is 3. The second-order valence-corrected chi connectivity index (χ2v) is 6.79. The van der Waals surface area contributed by atoms with Crippen molar-refractivity contribution in [1.82, 2.24) is 14.6 Å². The lowest BCUT2D eigenvalue weighted by Gasteiger charge is -2.19. The summed E-state index contributed by atoms with van der Waals surface area (Å²) >= 11 is 0. The van der Waals surface area contributed by atoms with E-state index in [0.717, 1.165) is 28.2 Å². The van der Waals surface area contributed by atoms with Crippen molar-refractivity contribution >= 4 is 11.3 Å². The van der Waals surface area contributed by atoms with Gasteiger partial charge in [0.25, 0.3) is 0 Å². The summed E-state index contributed by atoms with van der Waals surface area (Å²) in [5.74, 6) is 2.07. The Kier molecular flexibility index (Phi) is 5.73. The number of fused-ring (bicyclic) bond motifs is 1. The molecule has 6 heteroatoms. The highest BCUT2D eigenvalue weighted by molar-refractivity contribution is 5.75. The predicted molar refractivity (Wildman–Crippen MR) is 103 cm³/mol. The maximum Gasteiger partial charge on any atom is 0.154 e. The molecule has 26 heavy (non-hydrogen) atoms. The molecule has 2 aromatic heterocycles. The number of hydrogen-bond acceptors (Lipinski definition) is 5. The van der Waals surface area contributed by atoms with E-state index in [1.54, 1.807) is 13.4 Å². The number of nitrogens with one attached hydrogen (secondary N) is 1. The molecule has 0 aliphatic heterocycles. The molecule has 0 saturated heterocycles. The quantitative estimate of drug-likeness (QED) is 0.665. The van der Waals surface area contributed by atoms with Crippen LogP contribution in [0, 0.1) is 12.8 Å². The molecular formula is C20H26N4O2. The molecule has 0 amide bonds. The number of rotatable bonds is 8. The number of benzene rings is 1. The minimum absolute atomic E-state index is 0.00534. The Morgan fingerprint density at radius 3 is 2.62 bits per heavy atom. The van der Waals surface area contributed by atoms with E-state index in [1.807, 2.05) is 35.8 Å². The summed E-state index contributed by atoms with van der Waals surface area (Å²) in [5.41, 5.74) is 3.09. The van der Waals surface area contributed by atoms with Gasteiger partial charge in [-0.15, -0.1) is 0 Å². The summed E-state index contributed by atoms with van der Waals surface area (Å²) < 4.78 is 13.2. The SMILES string of the molecule is COC[C@@H](Nc1ncnn2cc(OCC(C)C)c(C)c12)c1ccccc1. The molecule has 3 rings (SSSR count). The normalized spacial score (nSPS) is 12.5. The van der Waals surface area contributed by atoms with Gasteiger partial charge in [-0.2, -0.15) is 5.10 Å². The van der Waals surface area contributed by atoms with Crippen molar-refractivity contribution in [1.29, 1.82) is 0 Å². The van der Waals surface area contributed by atoms with Crippen LogP contribution in [0.3, 0.4) is 0 Å². The Bertz CT molecular complexity index is 846. The van der Waals surface area contributed by atoms with E-state index in [4.69, 9.17) is 9.47 Å². The molecule has 0 bridgehead atoms. The zero-order valence-corrected chi connectivity index (χ0v) is 15.8. The van der Waals surface area contributed by atoms with Crippen molar-refractivity contribution < 1.29 is 9.47 Å². The zero-order chi connectivity index (χ0) is 18.5. The van der Waals surface area contributed by atoms with Crippen LogP contribution in [0.1, 0.15) is 31.0 Å². The summed E-state index contributed by atoms with van der Waals surface area (Å²) in [6.07, 6.45) is 3.46. The maximum absolute atomic E-state index is 5.93. The van der Waals surface area contributed by atoms with Crippen LogP contribution in [0.25, 0.3) is 5.52 Å². The van der Waals surface area contributed by atoms with Crippen LogP contribution in [0.2, 0.25) is 0 Å². The number of anilines is 1. The monoisotopic (exact) mass is 354 g/mol. The average Bonchev–Trinajstić information content (AvgIpc) is 2.97. The standard InChI is InChI=1S/C20H26N4O2/c1-14(2)11-26-18-10-24-19(15(18)3)20(21-13-22-24)23-17(12-25-4)16-8-6-5-7-9-16/h5-10,13-14,17H,11-12H2,1-4H3,(H,21,22,23)/t17-/m1/s1. The molecule has 3 aromatic rings. The van der Waals surface area contributed by atoms with Crippen molar-refractivity contribution in [3.05, 3.63) is 54.0 Å². The Morgan fingerprint density at radius 1 is 1.15 bits per heavy atom. The molecule has 0 saturated carbocycles. The highest BCUT2D eigenvalue weighted by Crippen LogP contribution is 2.30. The fourth-order valence-corrected chi connectivity index (χ4v) is 2.88. The predicted octanol–water partition coefficient (Wildman–Crippen LogP) is 3.87. The van der Waals surface area contributed by atoms with Crippen LogP contribution in [0.5, 0.6) is 5.75 Å². The number of hydrogen-bond donors (Lipinski definition) is 1. The second-order valence-electron chi connectivity index (χ2n) is 6.79. The van der Waals surface area contributed by atoms with Crippen molar-refractivity contribution in [3.63, 3.8) is 0 Å². The molecule has 0 aliphatic carbocycles. The van der Waals surface area contributed by atoms with Gasteiger partial charge in [0.2, 0.25) is 0 Å². The molecule has 0 fully saturated rings. The summed E-state index contributed by atoms with van der Waals surface area (Å²) in [6, 6.07) is 10.2. The highest BCUT2D eigenvalue weighted by atomic mass is 16.5. The number of nitrogens with zero attached hydrogens (tertiary/aromatic N) is 3. The van der Waals surface area contributed by atoms with Crippen molar-refractivity contribution in [2.75, 3.05) is 25.6 Å². The minimum Gasteiger partial charge on any atom is -0.491 e. The minimum atomic E-state index is -0.00534. The molecular weight excluding hydrogens is 328 g/mol. The van der Waals surface area contributed by atoms with Gasteiger partial charge in [-0.3, -0.25) is 0 Å². The smallest absolute Gasteiger partial charge is 0.154 e. The van der Waals surface area contributed by atoms with Crippen LogP contribution in [-0.4, -0.2) is 34.9 Å². The van der Waals surface area contributed by atoms with Crippen molar-refractivity contribution in [2.45, 2.75) is 26.8 Å². The summed E-state index contributed by atoms with van der Waals surface area (Å²) in [4.78, 5) is 4.47. The van der Waals surface area contributed by atoms with E-state index >= 15 is 0 Å². The van der Waals surface area contributed by atoms with Crippen molar-refractivity contribution in [3.8, 4) is 5.75 Å². The van der Waals surface area contributed by atoms with Gasteiger partial charge >= 0.3 is 0 Å². The van der Waals surface area contributed by atoms with Crippen LogP contribution in [0.4, 0.5) is 5.82 Å². The van der Waals surface area contributed by atoms with E-state index < -0.39 is 0 Å². The van der Waals surface area contributed by atoms with E-state index in [0.29, 0.717) is 19.1 Å². The number of aryl methyl sites for hydroxylation is 1. The Hall–Kier alpha value is -2.60. The summed E-state index contributed by atoms with van der Waals surface area (Å²) in [7, 11) is 1.70. The highest BCUT2D eigenvalue weighted by Gasteiger charge is 2.18. The van der Waals surface area contributed by atoms with Crippen LogP contribution >= 0.6 is 0 Å². The summed E-state index contributed by atoms with van der Waals surface area (Å²) in [6.45, 7) is 7.51. The largest absolute Gasteiger partial charge is 0.491 e. The average molecular weight is 354 g/mol. The first-order chi connectivity index (χ1) is 12.6. The van der Waals surface area contributed by atoms with E-state index in [1.165, 1.54) is 0 Å². The van der Waals surface area contributed by atoms with Gasteiger partial charge in [0, 0.05) is 12.7 Å². The van der Waals surface area contributed by atoms with E-state index in [9.17, 15) is 0 Å². The fourth-order valence-electron chi connectivity index (χ4n) is 2.88. The van der Waals surface area contributed by atoms with Gasteiger partial charge in [-0.1, -0.05) is 44.2 Å². The van der Waals surface area contributed by atoms with E-state index in [-0.39, 0.29) is 6.04 Å². The molecule has 138 valence electrons. The lowest BCUT2D eigenvalue weighted by Crippen LogP contribution is -2.17. The maximum atomic E-state index is 5.93. The number of ether oxygens (including phenoxy) is 2. The first-order valence-corrected chi connectivity index (χ1v) is 8.86. The first-order valence-electron chi connectivity index (χ1n) is 8.86. The molecule has 0 radical (unpaired) electrons. The van der Waals surface area contributed by atoms with Gasteiger partial charge in [0.1, 0.15) is 17.6 Å². The molecule has 1 N–H and O–H groups in total. The molecule has 0 spiro atoms. The van der Waals surface area contributed by atoms with Crippen LogP contribution in [-0.2, 0) is 4.74 Å². The molecule has 0 unspecified atom stereocenters. The van der Waals surface area contributed by atoms with Crippen LogP contribution in [0.15, 0.2) is 42.9 Å². The van der Waals surface area contributed by atoms with E-state index in [2.05, 4.69) is 41.4 Å². The van der Waals surface area contributed by atoms with Crippen molar-refractivity contribution in [2.24, 2.45) is 5.92 Å². The van der Waals surface area contributed by atoms with Gasteiger partial charge in [0.15, 0.2) is 5.82 Å². The zero-order valence-electron chi connectivity index (χ0n) is 15.8. The molecule has 6 nitrogen and oxygen atoms in total. The van der Waals surface area contributed by atoms with Gasteiger partial charge in [-0.25, -0.2) is 9.50 Å². The topological polar surface area (TPSA) is 60.7 Å². The number of methoxy groups -OCH3 is 1. The molecule has 2 heterocycles. The first kappa shape index (κ1) is 18.2. The molecule has 0 aliphatic rings. The lowest BCUT2D eigenvalue weighted by molar-refractivity contribution is 0.186. The molecule has 1 aromatic carbocycles. The third-order valence-electron chi connectivity index (χ3n) is 4.20. The fraction of sp³-hybridized carbons (Fsp3) is 0.400. The van der Waals surface area contributed by atoms with Gasteiger partial charge in [0.05, 0.1) is 25.5 Å². The second kappa shape index (κ2) is 8.19. The van der Waals surface area contributed by atoms with Gasteiger partial charge < -0.3 is 14.8 Å². The Balaban J connectivity index is 1.93. The Morgan fingerprint density at radius 2 is 1.92 bits per heavy atom. The third-order valence-corrected chi connectivity index (χ3v) is 4.20.